The summed E-state index contributed by atoms with van der Waals surface area (Å²) >= 11 is 0. The monoisotopic (exact) mass is 240 g/mol. The zero-order chi connectivity index (χ0) is 12.8. The van der Waals surface area contributed by atoms with Crippen LogP contribution in [0.3, 0.4) is 0 Å². The Morgan fingerprint density at radius 1 is 1.24 bits per heavy atom. The van der Waals surface area contributed by atoms with Crippen molar-refractivity contribution in [2.75, 3.05) is 20.8 Å². The number of hydrogen-bond acceptors (Lipinski definition) is 5. The lowest BCUT2D eigenvalue weighted by molar-refractivity contribution is 0.338. The van der Waals surface area contributed by atoms with Crippen LogP contribution in [-0.4, -0.2) is 25.9 Å². The van der Waals surface area contributed by atoms with Crippen molar-refractivity contribution in [3.8, 4) is 17.2 Å². The van der Waals surface area contributed by atoms with Gasteiger partial charge < -0.3 is 26.0 Å². The highest BCUT2D eigenvalue weighted by Gasteiger charge is 2.14. The van der Waals surface area contributed by atoms with Gasteiger partial charge in [0.05, 0.1) is 14.2 Å². The molecule has 1 rings (SSSR count). The van der Waals surface area contributed by atoms with Gasteiger partial charge in [-0.25, -0.2) is 0 Å². The standard InChI is InChI=1S/C12H20N2O3/c1-16-10-6-8(9(14)4-3-5-13)7-11(17-2)12(10)15/h6-7,9,15H,3-5,13-14H2,1-2H3/t9-/m1/s1. The zero-order valence-corrected chi connectivity index (χ0v) is 10.3. The molecule has 17 heavy (non-hydrogen) atoms. The summed E-state index contributed by atoms with van der Waals surface area (Å²) in [6, 6.07) is 3.31. The van der Waals surface area contributed by atoms with Crippen molar-refractivity contribution >= 4 is 0 Å². The number of aromatic hydroxyl groups is 1. The second kappa shape index (κ2) is 6.32. The molecule has 0 aliphatic heterocycles. The van der Waals surface area contributed by atoms with Gasteiger partial charge in [-0.3, -0.25) is 0 Å². The molecule has 0 bridgehead atoms. The highest BCUT2D eigenvalue weighted by atomic mass is 16.5. The molecule has 96 valence electrons. The van der Waals surface area contributed by atoms with Crippen molar-refractivity contribution in [3.63, 3.8) is 0 Å². The maximum Gasteiger partial charge on any atom is 0.200 e. The van der Waals surface area contributed by atoms with E-state index in [1.54, 1.807) is 12.1 Å². The summed E-state index contributed by atoms with van der Waals surface area (Å²) in [6.45, 7) is 0.611. The second-order valence-corrected chi connectivity index (χ2v) is 3.81. The third kappa shape index (κ3) is 3.25. The normalized spacial score (nSPS) is 12.2. The van der Waals surface area contributed by atoms with E-state index >= 15 is 0 Å². The molecule has 0 fully saturated rings. The minimum Gasteiger partial charge on any atom is -0.502 e. The van der Waals surface area contributed by atoms with Gasteiger partial charge in [0.15, 0.2) is 11.5 Å². The lowest BCUT2D eigenvalue weighted by Gasteiger charge is -2.15. The quantitative estimate of drug-likeness (QED) is 0.693. The highest BCUT2D eigenvalue weighted by molar-refractivity contribution is 5.53. The van der Waals surface area contributed by atoms with E-state index in [4.69, 9.17) is 20.9 Å². The van der Waals surface area contributed by atoms with E-state index in [1.165, 1.54) is 14.2 Å². The van der Waals surface area contributed by atoms with Crippen molar-refractivity contribution in [2.24, 2.45) is 11.5 Å². The first-order valence-electron chi connectivity index (χ1n) is 5.54. The molecule has 5 N–H and O–H groups in total. The summed E-state index contributed by atoms with van der Waals surface area (Å²) in [5.74, 6) is 0.717. The van der Waals surface area contributed by atoms with Crippen LogP contribution in [0.25, 0.3) is 0 Å². The molecule has 0 heterocycles. The molecule has 0 saturated heterocycles. The molecule has 5 nitrogen and oxygen atoms in total. The van der Waals surface area contributed by atoms with Crippen molar-refractivity contribution in [1.29, 1.82) is 0 Å². The minimum absolute atomic E-state index is 0.00947. The predicted molar refractivity (Wildman–Crippen MR) is 66.4 cm³/mol. The maximum atomic E-state index is 9.76. The Bertz CT molecular complexity index is 344. The molecule has 1 atom stereocenters. The molecule has 0 aliphatic carbocycles. The Morgan fingerprint density at radius 3 is 2.18 bits per heavy atom. The number of ether oxygens (including phenoxy) is 2. The Hall–Kier alpha value is -1.46. The van der Waals surface area contributed by atoms with Gasteiger partial charge in [0.1, 0.15) is 0 Å². The van der Waals surface area contributed by atoms with Gasteiger partial charge in [-0.15, -0.1) is 0 Å². The molecule has 1 aromatic carbocycles. The third-order valence-electron chi connectivity index (χ3n) is 2.65. The lowest BCUT2D eigenvalue weighted by Crippen LogP contribution is -2.12. The Morgan fingerprint density at radius 2 is 1.76 bits per heavy atom. The molecule has 0 unspecified atom stereocenters. The molecule has 0 spiro atoms. The van der Waals surface area contributed by atoms with E-state index in [0.29, 0.717) is 18.0 Å². The number of phenolic OH excluding ortho intramolecular Hbond substituents is 1. The van der Waals surface area contributed by atoms with Crippen molar-refractivity contribution in [1.82, 2.24) is 0 Å². The largest absolute Gasteiger partial charge is 0.502 e. The zero-order valence-electron chi connectivity index (χ0n) is 10.3. The first-order chi connectivity index (χ1) is 8.13. The average molecular weight is 240 g/mol. The minimum atomic E-state index is -0.137. The van der Waals surface area contributed by atoms with E-state index in [9.17, 15) is 5.11 Å². The Balaban J connectivity index is 2.99. The van der Waals surface area contributed by atoms with Crippen molar-refractivity contribution in [3.05, 3.63) is 17.7 Å². The fraction of sp³-hybridized carbons (Fsp3) is 0.500. The SMILES string of the molecule is COc1cc([C@H](N)CCCN)cc(OC)c1O. The van der Waals surface area contributed by atoms with Gasteiger partial charge in [-0.1, -0.05) is 0 Å². The van der Waals surface area contributed by atoms with Gasteiger partial charge in [0, 0.05) is 6.04 Å². The summed E-state index contributed by atoms with van der Waals surface area (Å²) in [5.41, 5.74) is 12.3. The van der Waals surface area contributed by atoms with Gasteiger partial charge in [0.25, 0.3) is 0 Å². The molecule has 1 aromatic rings. The van der Waals surface area contributed by atoms with Crippen LogP contribution >= 0.6 is 0 Å². The van der Waals surface area contributed by atoms with E-state index in [1.807, 2.05) is 0 Å². The number of rotatable bonds is 6. The maximum absolute atomic E-state index is 9.76. The number of hydrogen-bond donors (Lipinski definition) is 3. The Kier molecular flexibility index (Phi) is 5.06. The average Bonchev–Trinajstić information content (AvgIpc) is 2.36. The molecular formula is C12H20N2O3. The fourth-order valence-corrected chi connectivity index (χ4v) is 1.63. The van der Waals surface area contributed by atoms with Crippen molar-refractivity contribution < 1.29 is 14.6 Å². The van der Waals surface area contributed by atoms with Crippen LogP contribution in [0.4, 0.5) is 0 Å². The molecule has 0 saturated carbocycles. The molecule has 0 aromatic heterocycles. The fourth-order valence-electron chi connectivity index (χ4n) is 1.63. The van der Waals surface area contributed by atoms with E-state index < -0.39 is 0 Å². The van der Waals surface area contributed by atoms with E-state index in [-0.39, 0.29) is 11.8 Å². The molecule has 0 radical (unpaired) electrons. The number of benzene rings is 1. The van der Waals surface area contributed by atoms with Crippen LogP contribution < -0.4 is 20.9 Å². The summed E-state index contributed by atoms with van der Waals surface area (Å²) < 4.78 is 10.1. The Labute approximate surface area is 101 Å². The van der Waals surface area contributed by atoms with Gasteiger partial charge in [-0.2, -0.15) is 0 Å². The number of phenols is 1. The molecule has 0 aliphatic rings. The molecular weight excluding hydrogens is 220 g/mol. The van der Waals surface area contributed by atoms with E-state index in [0.717, 1.165) is 18.4 Å². The first-order valence-corrected chi connectivity index (χ1v) is 5.54. The summed E-state index contributed by atoms with van der Waals surface area (Å²) in [4.78, 5) is 0. The smallest absolute Gasteiger partial charge is 0.200 e. The van der Waals surface area contributed by atoms with Crippen LogP contribution in [0.1, 0.15) is 24.4 Å². The van der Waals surface area contributed by atoms with Crippen LogP contribution in [0.15, 0.2) is 12.1 Å². The number of nitrogens with two attached hydrogens (primary N) is 2. The van der Waals surface area contributed by atoms with Gasteiger partial charge >= 0.3 is 0 Å². The number of methoxy groups -OCH3 is 2. The first kappa shape index (κ1) is 13.6. The second-order valence-electron chi connectivity index (χ2n) is 3.81. The van der Waals surface area contributed by atoms with Crippen LogP contribution in [0.5, 0.6) is 17.2 Å². The van der Waals surface area contributed by atoms with E-state index in [2.05, 4.69) is 0 Å². The summed E-state index contributed by atoms with van der Waals surface area (Å²) in [6.07, 6.45) is 1.64. The summed E-state index contributed by atoms with van der Waals surface area (Å²) in [7, 11) is 2.98. The van der Waals surface area contributed by atoms with Crippen LogP contribution in [-0.2, 0) is 0 Å². The van der Waals surface area contributed by atoms with Crippen LogP contribution in [0.2, 0.25) is 0 Å². The lowest BCUT2D eigenvalue weighted by atomic mass is 10.0. The third-order valence-corrected chi connectivity index (χ3v) is 2.65. The van der Waals surface area contributed by atoms with Gasteiger partial charge in [0.2, 0.25) is 5.75 Å². The topological polar surface area (TPSA) is 90.7 Å². The van der Waals surface area contributed by atoms with Gasteiger partial charge in [-0.05, 0) is 37.1 Å². The van der Waals surface area contributed by atoms with Crippen molar-refractivity contribution in [2.45, 2.75) is 18.9 Å². The van der Waals surface area contributed by atoms with Crippen LogP contribution in [0, 0.1) is 0 Å². The highest BCUT2D eigenvalue weighted by Crippen LogP contribution is 2.38. The predicted octanol–water partition coefficient (Wildman–Crippen LogP) is 1.15. The molecule has 0 amide bonds. The summed E-state index contributed by atoms with van der Waals surface area (Å²) in [5, 5.41) is 9.76. The molecule has 5 heteroatoms.